The summed E-state index contributed by atoms with van der Waals surface area (Å²) in [6, 6.07) is 14.1. The summed E-state index contributed by atoms with van der Waals surface area (Å²) in [5.74, 6) is 0.280. The van der Waals surface area contributed by atoms with Crippen LogP contribution >= 0.6 is 11.6 Å². The molecule has 0 aliphatic carbocycles. The fourth-order valence-electron chi connectivity index (χ4n) is 1.25. The first-order valence-electron chi connectivity index (χ1n) is 4.83. The summed E-state index contributed by atoms with van der Waals surface area (Å²) >= 11 is 5.69. The van der Waals surface area contributed by atoms with E-state index in [2.05, 4.69) is 0 Å². The third-order valence-corrected chi connectivity index (χ3v) is 3.56. The largest absolute Gasteiger partial charge is 0.379 e. The van der Waals surface area contributed by atoms with Gasteiger partial charge >= 0.3 is 10.1 Å². The molecule has 0 aliphatic rings. The minimum atomic E-state index is -3.79. The van der Waals surface area contributed by atoms with Crippen molar-refractivity contribution < 1.29 is 12.6 Å². The predicted molar refractivity (Wildman–Crippen MR) is 65.7 cm³/mol. The van der Waals surface area contributed by atoms with Gasteiger partial charge in [0.15, 0.2) is 0 Å². The van der Waals surface area contributed by atoms with E-state index in [1.807, 2.05) is 0 Å². The zero-order valence-electron chi connectivity index (χ0n) is 8.71. The molecule has 0 radical (unpaired) electrons. The summed E-state index contributed by atoms with van der Waals surface area (Å²) < 4.78 is 28.7. The van der Waals surface area contributed by atoms with Crippen LogP contribution in [0.4, 0.5) is 0 Å². The number of hydrogen-bond donors (Lipinski definition) is 0. The van der Waals surface area contributed by atoms with Gasteiger partial charge in [0.1, 0.15) is 10.6 Å². The highest BCUT2D eigenvalue weighted by Gasteiger charge is 2.15. The molecular weight excluding hydrogens is 260 g/mol. The molecule has 0 saturated carbocycles. The van der Waals surface area contributed by atoms with Crippen LogP contribution in [-0.4, -0.2) is 8.42 Å². The third-order valence-electron chi connectivity index (χ3n) is 2.05. The summed E-state index contributed by atoms with van der Waals surface area (Å²) in [5, 5.41) is 0.476. The Labute approximate surface area is 105 Å². The van der Waals surface area contributed by atoms with Crippen molar-refractivity contribution in [2.45, 2.75) is 4.90 Å². The molecule has 0 heterocycles. The molecule has 3 nitrogen and oxygen atoms in total. The van der Waals surface area contributed by atoms with Gasteiger partial charge < -0.3 is 4.18 Å². The van der Waals surface area contributed by atoms with E-state index in [0.29, 0.717) is 5.02 Å². The van der Waals surface area contributed by atoms with Crippen LogP contribution in [0.3, 0.4) is 0 Å². The molecule has 0 amide bonds. The standard InChI is InChI=1S/C12H9ClO3S/c13-10-6-8-12(9-7-10)17(14,15)16-11-4-2-1-3-5-11/h1-9H. The topological polar surface area (TPSA) is 43.4 Å². The fraction of sp³-hybridized carbons (Fsp3) is 0. The minimum absolute atomic E-state index is 0.0748. The molecule has 5 heteroatoms. The second kappa shape index (κ2) is 4.77. The van der Waals surface area contributed by atoms with Crippen LogP contribution in [0.2, 0.25) is 5.02 Å². The van der Waals surface area contributed by atoms with Crippen LogP contribution < -0.4 is 4.18 Å². The Balaban J connectivity index is 2.29. The highest BCUT2D eigenvalue weighted by molar-refractivity contribution is 7.87. The van der Waals surface area contributed by atoms with Gasteiger partial charge in [-0.2, -0.15) is 8.42 Å². The van der Waals surface area contributed by atoms with E-state index in [4.69, 9.17) is 15.8 Å². The number of hydrogen-bond acceptors (Lipinski definition) is 3. The van der Waals surface area contributed by atoms with Gasteiger partial charge in [0.25, 0.3) is 0 Å². The Morgan fingerprint density at radius 3 is 2.06 bits per heavy atom. The van der Waals surface area contributed by atoms with Crippen molar-refractivity contribution in [3.05, 3.63) is 59.6 Å². The molecule has 0 fully saturated rings. The summed E-state index contributed by atoms with van der Waals surface area (Å²) in [7, 11) is -3.79. The maximum absolute atomic E-state index is 11.8. The highest BCUT2D eigenvalue weighted by atomic mass is 35.5. The average Bonchev–Trinajstić information content (AvgIpc) is 2.30. The van der Waals surface area contributed by atoms with Crippen molar-refractivity contribution >= 4 is 21.7 Å². The number of benzene rings is 2. The molecular formula is C12H9ClO3S. The molecule has 0 bridgehead atoms. The number of para-hydroxylation sites is 1. The average molecular weight is 269 g/mol. The lowest BCUT2D eigenvalue weighted by molar-refractivity contribution is 0.486. The SMILES string of the molecule is O=S(=O)(Oc1ccccc1)c1ccc(Cl)cc1. The lowest BCUT2D eigenvalue weighted by atomic mass is 10.3. The lowest BCUT2D eigenvalue weighted by Gasteiger charge is -2.06. The summed E-state index contributed by atoms with van der Waals surface area (Å²) in [6.45, 7) is 0. The molecule has 2 aromatic rings. The van der Waals surface area contributed by atoms with Gasteiger partial charge in [-0.05, 0) is 36.4 Å². The zero-order valence-corrected chi connectivity index (χ0v) is 10.3. The summed E-state index contributed by atoms with van der Waals surface area (Å²) in [4.78, 5) is 0.0748. The molecule has 0 atom stereocenters. The molecule has 0 spiro atoms. The Kier molecular flexibility index (Phi) is 3.36. The Morgan fingerprint density at radius 2 is 1.47 bits per heavy atom. The normalized spacial score (nSPS) is 11.1. The van der Waals surface area contributed by atoms with E-state index in [-0.39, 0.29) is 10.6 Å². The first-order chi connectivity index (χ1) is 8.08. The molecule has 88 valence electrons. The number of halogens is 1. The molecule has 0 saturated heterocycles. The minimum Gasteiger partial charge on any atom is -0.379 e. The quantitative estimate of drug-likeness (QED) is 0.804. The molecule has 17 heavy (non-hydrogen) atoms. The first kappa shape index (κ1) is 12.0. The van der Waals surface area contributed by atoms with Gasteiger partial charge in [0.2, 0.25) is 0 Å². The van der Waals surface area contributed by atoms with Crippen LogP contribution in [0.5, 0.6) is 5.75 Å². The van der Waals surface area contributed by atoms with Crippen LogP contribution in [0.25, 0.3) is 0 Å². The number of rotatable bonds is 3. The van der Waals surface area contributed by atoms with Crippen molar-refractivity contribution in [1.82, 2.24) is 0 Å². The Bertz CT molecular complexity index is 591. The fourth-order valence-corrected chi connectivity index (χ4v) is 2.31. The van der Waals surface area contributed by atoms with E-state index in [1.54, 1.807) is 30.3 Å². The molecule has 2 rings (SSSR count). The maximum atomic E-state index is 11.8. The van der Waals surface area contributed by atoms with Gasteiger partial charge in [-0.15, -0.1) is 0 Å². The monoisotopic (exact) mass is 268 g/mol. The maximum Gasteiger partial charge on any atom is 0.339 e. The molecule has 0 aliphatic heterocycles. The van der Waals surface area contributed by atoms with Gasteiger partial charge in [0, 0.05) is 5.02 Å². The third kappa shape index (κ3) is 2.99. The van der Waals surface area contributed by atoms with E-state index in [1.165, 1.54) is 24.3 Å². The summed E-state index contributed by atoms with van der Waals surface area (Å²) in [6.07, 6.45) is 0. The smallest absolute Gasteiger partial charge is 0.339 e. The molecule has 0 N–H and O–H groups in total. The lowest BCUT2D eigenvalue weighted by Crippen LogP contribution is -2.09. The van der Waals surface area contributed by atoms with E-state index < -0.39 is 10.1 Å². The Hall–Kier alpha value is -1.52. The van der Waals surface area contributed by atoms with Gasteiger partial charge in [-0.3, -0.25) is 0 Å². The van der Waals surface area contributed by atoms with Gasteiger partial charge in [-0.25, -0.2) is 0 Å². The van der Waals surface area contributed by atoms with Gasteiger partial charge in [0.05, 0.1) is 0 Å². The van der Waals surface area contributed by atoms with Crippen molar-refractivity contribution in [3.8, 4) is 5.75 Å². The van der Waals surface area contributed by atoms with E-state index in [0.717, 1.165) is 0 Å². The van der Waals surface area contributed by atoms with Gasteiger partial charge in [-0.1, -0.05) is 29.8 Å². The molecule has 0 aromatic heterocycles. The van der Waals surface area contributed by atoms with Crippen molar-refractivity contribution in [2.24, 2.45) is 0 Å². The van der Waals surface area contributed by atoms with Crippen LogP contribution in [0, 0.1) is 0 Å². The van der Waals surface area contributed by atoms with Crippen LogP contribution in [-0.2, 0) is 10.1 Å². The van der Waals surface area contributed by atoms with E-state index >= 15 is 0 Å². The second-order valence-corrected chi connectivity index (χ2v) is 5.29. The van der Waals surface area contributed by atoms with Crippen molar-refractivity contribution in [1.29, 1.82) is 0 Å². The highest BCUT2D eigenvalue weighted by Crippen LogP contribution is 2.19. The van der Waals surface area contributed by atoms with E-state index in [9.17, 15) is 8.42 Å². The zero-order chi connectivity index (χ0) is 12.3. The molecule has 0 unspecified atom stereocenters. The van der Waals surface area contributed by atoms with Crippen LogP contribution in [0.15, 0.2) is 59.5 Å². The predicted octanol–water partition coefficient (Wildman–Crippen LogP) is 3.11. The Morgan fingerprint density at radius 1 is 0.882 bits per heavy atom. The molecule has 2 aromatic carbocycles. The van der Waals surface area contributed by atoms with Crippen molar-refractivity contribution in [2.75, 3.05) is 0 Å². The van der Waals surface area contributed by atoms with Crippen LogP contribution in [0.1, 0.15) is 0 Å². The van der Waals surface area contributed by atoms with Crippen molar-refractivity contribution in [3.63, 3.8) is 0 Å². The summed E-state index contributed by atoms with van der Waals surface area (Å²) in [5.41, 5.74) is 0. The second-order valence-electron chi connectivity index (χ2n) is 3.30. The first-order valence-corrected chi connectivity index (χ1v) is 6.62.